The van der Waals surface area contributed by atoms with Crippen molar-refractivity contribution in [3.8, 4) is 0 Å². The average Bonchev–Trinajstić information content (AvgIpc) is 2.40. The lowest BCUT2D eigenvalue weighted by Gasteiger charge is -2.11. The van der Waals surface area contributed by atoms with Crippen LogP contribution >= 0.6 is 0 Å². The van der Waals surface area contributed by atoms with Gasteiger partial charge in [0.05, 0.1) is 6.04 Å². The second-order valence-electron chi connectivity index (χ2n) is 4.20. The zero-order valence-electron chi connectivity index (χ0n) is 9.84. The first-order chi connectivity index (χ1) is 8.27. The molecule has 0 radical (unpaired) electrons. The molecule has 0 fully saturated rings. The van der Waals surface area contributed by atoms with E-state index in [1.807, 2.05) is 36.4 Å². The van der Waals surface area contributed by atoms with E-state index in [4.69, 9.17) is 11.5 Å². The van der Waals surface area contributed by atoms with Gasteiger partial charge in [-0.3, -0.25) is 0 Å². The van der Waals surface area contributed by atoms with Crippen LogP contribution in [0.4, 0.5) is 0 Å². The molecule has 1 aliphatic carbocycles. The minimum atomic E-state index is -0.146. The third kappa shape index (κ3) is 3.08. The third-order valence-electron chi connectivity index (χ3n) is 2.87. The molecule has 0 spiro atoms. The monoisotopic (exact) mass is 226 g/mol. The van der Waals surface area contributed by atoms with Crippen LogP contribution in [0.1, 0.15) is 24.4 Å². The van der Waals surface area contributed by atoms with Gasteiger partial charge in [-0.2, -0.15) is 0 Å². The van der Waals surface area contributed by atoms with Gasteiger partial charge in [-0.15, -0.1) is 0 Å². The summed E-state index contributed by atoms with van der Waals surface area (Å²) in [6, 6.07) is 9.83. The molecule has 0 bridgehead atoms. The molecule has 1 unspecified atom stereocenters. The van der Waals surface area contributed by atoms with Crippen LogP contribution in [0, 0.1) is 0 Å². The maximum absolute atomic E-state index is 6.09. The molecule has 1 aliphatic rings. The van der Waals surface area contributed by atoms with Gasteiger partial charge in [0.15, 0.2) is 0 Å². The summed E-state index contributed by atoms with van der Waals surface area (Å²) in [6.45, 7) is 0. The summed E-state index contributed by atoms with van der Waals surface area (Å²) < 4.78 is 0. The fraction of sp³-hybridized carbons (Fsp3) is 0.200. The number of benzene rings is 1. The van der Waals surface area contributed by atoms with E-state index >= 15 is 0 Å². The average molecular weight is 226 g/mol. The van der Waals surface area contributed by atoms with Crippen LogP contribution in [0.3, 0.4) is 0 Å². The topological polar surface area (TPSA) is 52.0 Å². The van der Waals surface area contributed by atoms with Crippen LogP contribution in [-0.4, -0.2) is 0 Å². The van der Waals surface area contributed by atoms with Crippen LogP contribution in [-0.2, 0) is 0 Å². The van der Waals surface area contributed by atoms with Crippen LogP contribution in [0.5, 0.6) is 0 Å². The molecule has 88 valence electrons. The molecule has 2 rings (SSSR count). The Hall–Kier alpha value is -1.80. The SMILES string of the molecule is N/C(=C\C(N)c1ccccc1)C1=CCCC=C1. The molecule has 0 saturated heterocycles. The Labute approximate surface area is 102 Å². The van der Waals surface area contributed by atoms with Gasteiger partial charge in [0.2, 0.25) is 0 Å². The third-order valence-corrected chi connectivity index (χ3v) is 2.87. The fourth-order valence-corrected chi connectivity index (χ4v) is 1.89. The lowest BCUT2D eigenvalue weighted by atomic mass is 10.0. The van der Waals surface area contributed by atoms with E-state index in [0.717, 1.165) is 29.7 Å². The standard InChI is InChI=1S/C15H18N2/c16-14(12-7-3-1-4-8-12)11-15(17)13-9-5-2-6-10-13/h1,3-5,7-11,14H,2,6,16-17H2/b15-11-. The van der Waals surface area contributed by atoms with E-state index in [-0.39, 0.29) is 6.04 Å². The molecule has 0 amide bonds. The quantitative estimate of drug-likeness (QED) is 0.832. The second-order valence-corrected chi connectivity index (χ2v) is 4.20. The largest absolute Gasteiger partial charge is 0.398 e. The van der Waals surface area contributed by atoms with E-state index < -0.39 is 0 Å². The summed E-state index contributed by atoms with van der Waals surface area (Å²) in [7, 11) is 0. The van der Waals surface area contributed by atoms with Gasteiger partial charge in [-0.1, -0.05) is 48.6 Å². The summed E-state index contributed by atoms with van der Waals surface area (Å²) in [5.41, 5.74) is 15.1. The van der Waals surface area contributed by atoms with Crippen molar-refractivity contribution in [3.05, 3.63) is 71.5 Å². The molecule has 0 aromatic heterocycles. The molecule has 1 aromatic rings. The normalized spacial score (nSPS) is 17.7. The van der Waals surface area contributed by atoms with Gasteiger partial charge < -0.3 is 11.5 Å². The van der Waals surface area contributed by atoms with Crippen molar-refractivity contribution in [1.82, 2.24) is 0 Å². The summed E-state index contributed by atoms with van der Waals surface area (Å²) in [6.07, 6.45) is 10.4. The first-order valence-electron chi connectivity index (χ1n) is 5.92. The van der Waals surface area contributed by atoms with Crippen molar-refractivity contribution in [2.45, 2.75) is 18.9 Å². The van der Waals surface area contributed by atoms with Crippen molar-refractivity contribution in [2.75, 3.05) is 0 Å². The molecule has 1 atom stereocenters. The second kappa shape index (κ2) is 5.51. The summed E-state index contributed by atoms with van der Waals surface area (Å²) in [5.74, 6) is 0. The number of nitrogens with two attached hydrogens (primary N) is 2. The highest BCUT2D eigenvalue weighted by Crippen LogP contribution is 2.18. The van der Waals surface area contributed by atoms with Crippen LogP contribution < -0.4 is 11.5 Å². The zero-order valence-corrected chi connectivity index (χ0v) is 9.84. The number of rotatable bonds is 3. The van der Waals surface area contributed by atoms with Crippen LogP contribution in [0.15, 0.2) is 65.9 Å². The van der Waals surface area contributed by atoms with E-state index in [1.165, 1.54) is 0 Å². The number of hydrogen-bond donors (Lipinski definition) is 2. The molecule has 0 aliphatic heterocycles. The van der Waals surface area contributed by atoms with E-state index in [0.29, 0.717) is 0 Å². The molecule has 0 heterocycles. The molecule has 2 heteroatoms. The Balaban J connectivity index is 2.14. The van der Waals surface area contributed by atoms with E-state index in [9.17, 15) is 0 Å². The maximum atomic E-state index is 6.09. The number of allylic oxidation sites excluding steroid dienone is 3. The number of hydrogen-bond acceptors (Lipinski definition) is 2. The van der Waals surface area contributed by atoms with Crippen molar-refractivity contribution in [3.63, 3.8) is 0 Å². The summed E-state index contributed by atoms with van der Waals surface area (Å²) in [4.78, 5) is 0. The lowest BCUT2D eigenvalue weighted by Crippen LogP contribution is -2.11. The smallest absolute Gasteiger partial charge is 0.0504 e. The molecule has 1 aromatic carbocycles. The molecular weight excluding hydrogens is 208 g/mol. The Morgan fingerprint density at radius 3 is 2.59 bits per heavy atom. The van der Waals surface area contributed by atoms with Gasteiger partial charge in [-0.05, 0) is 30.1 Å². The summed E-state index contributed by atoms with van der Waals surface area (Å²) in [5, 5.41) is 0. The highest BCUT2D eigenvalue weighted by Gasteiger charge is 2.05. The van der Waals surface area contributed by atoms with Gasteiger partial charge >= 0.3 is 0 Å². The zero-order chi connectivity index (χ0) is 12.1. The van der Waals surface area contributed by atoms with E-state index in [1.54, 1.807) is 0 Å². The molecule has 2 nitrogen and oxygen atoms in total. The fourth-order valence-electron chi connectivity index (χ4n) is 1.89. The predicted octanol–water partition coefficient (Wildman–Crippen LogP) is 2.81. The molecule has 17 heavy (non-hydrogen) atoms. The Morgan fingerprint density at radius 2 is 1.94 bits per heavy atom. The van der Waals surface area contributed by atoms with Gasteiger partial charge in [0.1, 0.15) is 0 Å². The van der Waals surface area contributed by atoms with Crippen LogP contribution in [0.2, 0.25) is 0 Å². The molecule has 4 N–H and O–H groups in total. The Kier molecular flexibility index (Phi) is 3.78. The first kappa shape index (κ1) is 11.7. The van der Waals surface area contributed by atoms with Gasteiger partial charge in [0.25, 0.3) is 0 Å². The van der Waals surface area contributed by atoms with Gasteiger partial charge in [0, 0.05) is 5.70 Å². The maximum Gasteiger partial charge on any atom is 0.0504 e. The highest BCUT2D eigenvalue weighted by atomic mass is 14.6. The van der Waals surface area contributed by atoms with Crippen molar-refractivity contribution in [1.29, 1.82) is 0 Å². The minimum Gasteiger partial charge on any atom is -0.398 e. The summed E-state index contributed by atoms with van der Waals surface area (Å²) >= 11 is 0. The highest BCUT2D eigenvalue weighted by molar-refractivity contribution is 5.41. The lowest BCUT2D eigenvalue weighted by molar-refractivity contribution is 0.897. The van der Waals surface area contributed by atoms with Crippen LogP contribution in [0.25, 0.3) is 0 Å². The minimum absolute atomic E-state index is 0.146. The molecular formula is C15H18N2. The van der Waals surface area contributed by atoms with Crippen molar-refractivity contribution >= 4 is 0 Å². The Bertz CT molecular complexity index is 455. The van der Waals surface area contributed by atoms with E-state index in [2.05, 4.69) is 18.2 Å². The van der Waals surface area contributed by atoms with Gasteiger partial charge in [-0.25, -0.2) is 0 Å². The Morgan fingerprint density at radius 1 is 1.18 bits per heavy atom. The first-order valence-corrected chi connectivity index (χ1v) is 5.92. The van der Waals surface area contributed by atoms with Crippen molar-refractivity contribution in [2.24, 2.45) is 11.5 Å². The van der Waals surface area contributed by atoms with Crippen molar-refractivity contribution < 1.29 is 0 Å². The molecule has 0 saturated carbocycles. The predicted molar refractivity (Wildman–Crippen MR) is 72.1 cm³/mol.